The van der Waals surface area contributed by atoms with E-state index in [9.17, 15) is 9.18 Å². The molecule has 1 amide bonds. The maximum absolute atomic E-state index is 13.0. The third-order valence-corrected chi connectivity index (χ3v) is 4.52. The van der Waals surface area contributed by atoms with Crippen LogP contribution in [0.5, 0.6) is 0 Å². The van der Waals surface area contributed by atoms with Gasteiger partial charge >= 0.3 is 0 Å². The molecular formula is C17H17FN6OS. The summed E-state index contributed by atoms with van der Waals surface area (Å²) in [6, 6.07) is 7.97. The molecule has 1 saturated carbocycles. The fourth-order valence-corrected chi connectivity index (χ4v) is 3.08. The third kappa shape index (κ3) is 3.43. The smallest absolute Gasteiger partial charge is 0.271 e. The minimum absolute atomic E-state index is 0.266. The van der Waals surface area contributed by atoms with Crippen molar-refractivity contribution in [3.63, 3.8) is 0 Å². The molecule has 134 valence electrons. The molecule has 4 rings (SSSR count). The molecule has 0 bridgehead atoms. The summed E-state index contributed by atoms with van der Waals surface area (Å²) in [6.45, 7) is 0.439. The lowest BCUT2D eigenvalue weighted by molar-refractivity contribution is 0.0948. The third-order valence-electron chi connectivity index (χ3n) is 4.24. The summed E-state index contributed by atoms with van der Waals surface area (Å²) in [7, 11) is 0. The Bertz CT molecular complexity index is 985. The second-order valence-electron chi connectivity index (χ2n) is 6.17. The van der Waals surface area contributed by atoms with E-state index < -0.39 is 0 Å². The number of carbonyl (C=O) groups excluding carboxylic acids is 1. The fourth-order valence-electron chi connectivity index (χ4n) is 2.78. The highest BCUT2D eigenvalue weighted by atomic mass is 32.1. The molecule has 2 N–H and O–H groups in total. The molecule has 0 atom stereocenters. The van der Waals surface area contributed by atoms with Crippen molar-refractivity contribution in [3.05, 3.63) is 58.6 Å². The van der Waals surface area contributed by atoms with E-state index in [0.29, 0.717) is 35.2 Å². The minimum Gasteiger partial charge on any atom is -0.350 e. The first-order valence-corrected chi connectivity index (χ1v) is 8.78. The number of hydrogen-bond acceptors (Lipinski definition) is 4. The molecule has 2 heterocycles. The van der Waals surface area contributed by atoms with Gasteiger partial charge in [0.2, 0.25) is 0 Å². The van der Waals surface area contributed by atoms with Gasteiger partial charge in [0, 0.05) is 25.2 Å². The van der Waals surface area contributed by atoms with Gasteiger partial charge in [-0.25, -0.2) is 9.07 Å². The number of rotatable bonds is 6. The summed E-state index contributed by atoms with van der Waals surface area (Å²) in [5, 5.41) is 14.1. The second kappa shape index (κ2) is 6.83. The van der Waals surface area contributed by atoms with Gasteiger partial charge < -0.3 is 9.88 Å². The van der Waals surface area contributed by atoms with Gasteiger partial charge in [0.1, 0.15) is 11.6 Å². The summed E-state index contributed by atoms with van der Waals surface area (Å²) >= 11 is 5.25. The molecule has 26 heavy (non-hydrogen) atoms. The molecule has 0 spiro atoms. The molecule has 0 aliphatic heterocycles. The lowest BCUT2D eigenvalue weighted by atomic mass is 10.3. The number of hydrogen-bond donors (Lipinski definition) is 2. The second-order valence-corrected chi connectivity index (χ2v) is 6.56. The average molecular weight is 372 g/mol. The number of carbonyl (C=O) groups is 1. The Hall–Kier alpha value is -2.81. The van der Waals surface area contributed by atoms with Crippen molar-refractivity contribution in [1.82, 2.24) is 29.9 Å². The first-order valence-electron chi connectivity index (χ1n) is 8.37. The lowest BCUT2D eigenvalue weighted by Crippen LogP contribution is -2.27. The molecule has 9 heteroatoms. The Labute approximate surface area is 153 Å². The molecule has 1 fully saturated rings. The van der Waals surface area contributed by atoms with Crippen molar-refractivity contribution in [2.75, 3.05) is 6.54 Å². The average Bonchev–Trinajstić information content (AvgIpc) is 3.22. The number of nitrogens with one attached hydrogen (secondary N) is 2. The van der Waals surface area contributed by atoms with Crippen LogP contribution in [0.1, 0.15) is 35.2 Å². The van der Waals surface area contributed by atoms with E-state index >= 15 is 0 Å². The highest BCUT2D eigenvalue weighted by Crippen LogP contribution is 2.35. The topological polar surface area (TPSA) is 80.5 Å². The number of amides is 1. The number of H-pyrrole nitrogens is 1. The molecule has 0 saturated heterocycles. The maximum atomic E-state index is 13.0. The Morgan fingerprint density at radius 3 is 2.81 bits per heavy atom. The molecule has 1 aliphatic carbocycles. The molecule has 3 aromatic rings. The zero-order valence-electron chi connectivity index (χ0n) is 13.9. The molecular weight excluding hydrogens is 355 g/mol. The zero-order valence-corrected chi connectivity index (χ0v) is 14.7. The molecule has 7 nitrogen and oxygen atoms in total. The van der Waals surface area contributed by atoms with Gasteiger partial charge in [0.05, 0.1) is 5.69 Å². The van der Waals surface area contributed by atoms with Crippen LogP contribution in [0, 0.1) is 10.6 Å². The zero-order chi connectivity index (χ0) is 18.1. The van der Waals surface area contributed by atoms with E-state index in [0.717, 1.165) is 18.7 Å². The molecule has 0 unspecified atom stereocenters. The monoisotopic (exact) mass is 372 g/mol. The largest absolute Gasteiger partial charge is 0.350 e. The van der Waals surface area contributed by atoms with Crippen LogP contribution in [0.25, 0.3) is 5.69 Å². The quantitative estimate of drug-likeness (QED) is 0.652. The highest BCUT2D eigenvalue weighted by molar-refractivity contribution is 7.71. The van der Waals surface area contributed by atoms with E-state index in [-0.39, 0.29) is 11.7 Å². The van der Waals surface area contributed by atoms with Crippen molar-refractivity contribution in [2.24, 2.45) is 0 Å². The Kier molecular flexibility index (Phi) is 4.37. The van der Waals surface area contributed by atoms with Gasteiger partial charge in [-0.05, 0) is 55.4 Å². The van der Waals surface area contributed by atoms with Crippen molar-refractivity contribution < 1.29 is 9.18 Å². The van der Waals surface area contributed by atoms with Crippen LogP contribution in [-0.4, -0.2) is 37.0 Å². The SMILES string of the molecule is O=C(NCCc1n[nH]c(=S)n1C1CC1)c1ccn(-c2ccc(F)cc2)n1. The van der Waals surface area contributed by atoms with Crippen LogP contribution in [0.3, 0.4) is 0 Å². The molecule has 0 radical (unpaired) electrons. The fraction of sp³-hybridized carbons (Fsp3) is 0.294. The van der Waals surface area contributed by atoms with Crippen molar-refractivity contribution in [1.29, 1.82) is 0 Å². The maximum Gasteiger partial charge on any atom is 0.271 e. The van der Waals surface area contributed by atoms with Gasteiger partial charge in [0.25, 0.3) is 5.91 Å². The minimum atomic E-state index is -0.317. The number of halogens is 1. The van der Waals surface area contributed by atoms with Crippen LogP contribution < -0.4 is 5.32 Å². The molecule has 2 aromatic heterocycles. The van der Waals surface area contributed by atoms with Gasteiger partial charge in [-0.2, -0.15) is 10.2 Å². The lowest BCUT2D eigenvalue weighted by Gasteiger charge is -2.06. The van der Waals surface area contributed by atoms with Gasteiger partial charge in [-0.15, -0.1) is 0 Å². The number of nitrogens with zero attached hydrogens (tertiary/aromatic N) is 4. The Morgan fingerprint density at radius 1 is 1.31 bits per heavy atom. The first-order chi connectivity index (χ1) is 12.6. The van der Waals surface area contributed by atoms with Crippen LogP contribution in [0.2, 0.25) is 0 Å². The van der Waals surface area contributed by atoms with Crippen molar-refractivity contribution in [3.8, 4) is 5.69 Å². The Morgan fingerprint density at radius 2 is 2.08 bits per heavy atom. The van der Waals surface area contributed by atoms with Gasteiger partial charge in [0.15, 0.2) is 10.5 Å². The van der Waals surface area contributed by atoms with Crippen molar-refractivity contribution in [2.45, 2.75) is 25.3 Å². The molecule has 1 aliphatic rings. The van der Waals surface area contributed by atoms with Crippen LogP contribution in [0.15, 0.2) is 36.5 Å². The standard InChI is InChI=1S/C17H17FN6OS/c18-11-1-3-12(4-2-11)23-10-8-14(22-23)16(25)19-9-7-15-20-21-17(26)24(15)13-5-6-13/h1-4,8,10,13H,5-7,9H2,(H,19,25)(H,21,26). The van der Waals surface area contributed by atoms with E-state index in [1.165, 1.54) is 16.8 Å². The number of benzene rings is 1. The van der Waals surface area contributed by atoms with Crippen LogP contribution in [-0.2, 0) is 6.42 Å². The summed E-state index contributed by atoms with van der Waals surface area (Å²) in [4.78, 5) is 12.3. The predicted octanol–water partition coefficient (Wildman–Crippen LogP) is 2.57. The number of aromatic amines is 1. The van der Waals surface area contributed by atoms with Crippen molar-refractivity contribution >= 4 is 18.1 Å². The highest BCUT2D eigenvalue weighted by Gasteiger charge is 2.27. The predicted molar refractivity (Wildman–Crippen MR) is 95.2 cm³/mol. The van der Waals surface area contributed by atoms with Crippen LogP contribution >= 0.6 is 12.2 Å². The van der Waals surface area contributed by atoms with E-state index in [4.69, 9.17) is 12.2 Å². The molecule has 1 aromatic carbocycles. The normalized spacial score (nSPS) is 13.7. The number of aromatic nitrogens is 5. The summed E-state index contributed by atoms with van der Waals surface area (Å²) < 4.78 is 17.2. The summed E-state index contributed by atoms with van der Waals surface area (Å²) in [5.74, 6) is 0.274. The van der Waals surface area contributed by atoms with Gasteiger partial charge in [-0.1, -0.05) is 0 Å². The first kappa shape index (κ1) is 16.6. The van der Waals surface area contributed by atoms with Crippen LogP contribution in [0.4, 0.5) is 4.39 Å². The van der Waals surface area contributed by atoms with Gasteiger partial charge in [-0.3, -0.25) is 9.89 Å². The summed E-state index contributed by atoms with van der Waals surface area (Å²) in [5.41, 5.74) is 0.987. The Balaban J connectivity index is 1.37. The van der Waals surface area contributed by atoms with E-state index in [2.05, 4.69) is 20.6 Å². The summed E-state index contributed by atoms with van der Waals surface area (Å²) in [6.07, 6.45) is 4.50. The van der Waals surface area contributed by atoms with E-state index in [1.54, 1.807) is 24.4 Å². The van der Waals surface area contributed by atoms with E-state index in [1.807, 2.05) is 4.57 Å².